The standard InChI is InChI=1S/C16H13ClN2O/c1-10-8-15(19-12-4-2-11(17)3-5-12)14-7-6-13(20)9-16(14)18-10/h2-9,20H,1H3,(H,18,19). The molecule has 0 radical (unpaired) electrons. The van der Waals surface area contributed by atoms with Crippen molar-refractivity contribution in [2.45, 2.75) is 6.92 Å². The number of nitrogens with one attached hydrogen (secondary N) is 1. The fourth-order valence-electron chi connectivity index (χ4n) is 2.14. The minimum atomic E-state index is 0.216. The molecule has 0 fully saturated rings. The highest BCUT2D eigenvalue weighted by Gasteiger charge is 2.05. The summed E-state index contributed by atoms with van der Waals surface area (Å²) in [7, 11) is 0. The highest BCUT2D eigenvalue weighted by atomic mass is 35.5. The van der Waals surface area contributed by atoms with E-state index < -0.39 is 0 Å². The van der Waals surface area contributed by atoms with Crippen LogP contribution in [0.4, 0.5) is 11.4 Å². The zero-order valence-electron chi connectivity index (χ0n) is 10.9. The number of nitrogens with zero attached hydrogens (tertiary/aromatic N) is 1. The van der Waals surface area contributed by atoms with Crippen molar-refractivity contribution in [3.63, 3.8) is 0 Å². The smallest absolute Gasteiger partial charge is 0.117 e. The lowest BCUT2D eigenvalue weighted by Crippen LogP contribution is -1.94. The first-order chi connectivity index (χ1) is 9.61. The number of fused-ring (bicyclic) bond motifs is 1. The fraction of sp³-hybridized carbons (Fsp3) is 0.0625. The van der Waals surface area contributed by atoms with Gasteiger partial charge in [0.15, 0.2) is 0 Å². The molecule has 3 rings (SSSR count). The Morgan fingerprint density at radius 2 is 1.80 bits per heavy atom. The SMILES string of the molecule is Cc1cc(Nc2ccc(Cl)cc2)c2ccc(O)cc2n1. The highest BCUT2D eigenvalue weighted by molar-refractivity contribution is 6.30. The van der Waals surface area contributed by atoms with Gasteiger partial charge in [-0.05, 0) is 49.4 Å². The van der Waals surface area contributed by atoms with Gasteiger partial charge in [-0.15, -0.1) is 0 Å². The summed E-state index contributed by atoms with van der Waals surface area (Å²) >= 11 is 5.89. The zero-order valence-corrected chi connectivity index (χ0v) is 11.6. The Morgan fingerprint density at radius 3 is 2.55 bits per heavy atom. The molecule has 0 amide bonds. The maximum atomic E-state index is 9.56. The third kappa shape index (κ3) is 2.53. The van der Waals surface area contributed by atoms with E-state index in [2.05, 4.69) is 10.3 Å². The van der Waals surface area contributed by atoms with Crippen LogP contribution in [0.15, 0.2) is 48.5 Å². The molecular formula is C16H13ClN2O. The molecule has 3 aromatic rings. The van der Waals surface area contributed by atoms with E-state index >= 15 is 0 Å². The van der Waals surface area contributed by atoms with Crippen molar-refractivity contribution < 1.29 is 5.11 Å². The Bertz CT molecular complexity index is 764. The number of anilines is 2. The molecule has 0 unspecified atom stereocenters. The second-order valence-electron chi connectivity index (χ2n) is 4.64. The molecule has 4 heteroatoms. The number of phenols is 1. The van der Waals surface area contributed by atoms with Crippen LogP contribution >= 0.6 is 11.6 Å². The second kappa shape index (κ2) is 5.02. The highest BCUT2D eigenvalue weighted by Crippen LogP contribution is 2.29. The summed E-state index contributed by atoms with van der Waals surface area (Å²) < 4.78 is 0. The van der Waals surface area contributed by atoms with E-state index in [-0.39, 0.29) is 5.75 Å². The summed E-state index contributed by atoms with van der Waals surface area (Å²) in [5.74, 6) is 0.216. The summed E-state index contributed by atoms with van der Waals surface area (Å²) in [6, 6.07) is 14.7. The average Bonchev–Trinajstić information content (AvgIpc) is 2.40. The molecule has 0 aliphatic rings. The van der Waals surface area contributed by atoms with Crippen molar-refractivity contribution >= 4 is 33.9 Å². The van der Waals surface area contributed by atoms with Gasteiger partial charge in [-0.2, -0.15) is 0 Å². The van der Waals surface area contributed by atoms with Gasteiger partial charge in [0.05, 0.1) is 5.52 Å². The fourth-order valence-corrected chi connectivity index (χ4v) is 2.27. The van der Waals surface area contributed by atoms with Crippen molar-refractivity contribution in [2.75, 3.05) is 5.32 Å². The van der Waals surface area contributed by atoms with Gasteiger partial charge >= 0.3 is 0 Å². The number of pyridine rings is 1. The Morgan fingerprint density at radius 1 is 1.05 bits per heavy atom. The van der Waals surface area contributed by atoms with Crippen molar-refractivity contribution in [3.8, 4) is 5.75 Å². The normalized spacial score (nSPS) is 10.7. The molecule has 0 saturated carbocycles. The number of aromatic hydroxyl groups is 1. The predicted octanol–water partition coefficient (Wildman–Crippen LogP) is 4.65. The van der Waals surface area contributed by atoms with Gasteiger partial charge in [-0.1, -0.05) is 11.6 Å². The van der Waals surface area contributed by atoms with Crippen LogP contribution < -0.4 is 5.32 Å². The number of benzene rings is 2. The first-order valence-corrected chi connectivity index (χ1v) is 6.62. The summed E-state index contributed by atoms with van der Waals surface area (Å²) in [6.45, 7) is 1.93. The molecule has 0 bridgehead atoms. The minimum absolute atomic E-state index is 0.216. The lowest BCUT2D eigenvalue weighted by Gasteiger charge is -2.11. The number of halogens is 1. The van der Waals surface area contributed by atoms with E-state index in [1.54, 1.807) is 12.1 Å². The maximum absolute atomic E-state index is 9.56. The molecule has 2 N–H and O–H groups in total. The Balaban J connectivity index is 2.08. The number of rotatable bonds is 2. The summed E-state index contributed by atoms with van der Waals surface area (Å²) in [4.78, 5) is 4.43. The van der Waals surface area contributed by atoms with E-state index in [0.717, 1.165) is 28.0 Å². The minimum Gasteiger partial charge on any atom is -0.508 e. The van der Waals surface area contributed by atoms with Gasteiger partial charge in [0.1, 0.15) is 5.75 Å². The van der Waals surface area contributed by atoms with Gasteiger partial charge in [-0.3, -0.25) is 4.98 Å². The van der Waals surface area contributed by atoms with Crippen LogP contribution in [0.1, 0.15) is 5.69 Å². The van der Waals surface area contributed by atoms with E-state index in [1.165, 1.54) is 0 Å². The van der Waals surface area contributed by atoms with Crippen LogP contribution in [-0.4, -0.2) is 10.1 Å². The number of hydrogen-bond acceptors (Lipinski definition) is 3. The Labute approximate surface area is 121 Å². The van der Waals surface area contributed by atoms with E-state index in [1.807, 2.05) is 43.3 Å². The molecule has 0 aliphatic heterocycles. The van der Waals surface area contributed by atoms with E-state index in [9.17, 15) is 5.11 Å². The molecule has 0 aliphatic carbocycles. The molecule has 0 saturated heterocycles. The monoisotopic (exact) mass is 284 g/mol. The molecule has 100 valence electrons. The maximum Gasteiger partial charge on any atom is 0.117 e. The van der Waals surface area contributed by atoms with Gasteiger partial charge in [0.25, 0.3) is 0 Å². The van der Waals surface area contributed by atoms with Crippen LogP contribution in [0.2, 0.25) is 5.02 Å². The molecular weight excluding hydrogens is 272 g/mol. The molecule has 1 aromatic heterocycles. The van der Waals surface area contributed by atoms with Crippen LogP contribution in [0.25, 0.3) is 10.9 Å². The van der Waals surface area contributed by atoms with Crippen LogP contribution in [0.3, 0.4) is 0 Å². The summed E-state index contributed by atoms with van der Waals surface area (Å²) in [5, 5.41) is 14.6. The molecule has 3 nitrogen and oxygen atoms in total. The van der Waals surface area contributed by atoms with Gasteiger partial charge in [0, 0.05) is 33.5 Å². The van der Waals surface area contributed by atoms with Crippen molar-refractivity contribution in [1.29, 1.82) is 0 Å². The molecule has 0 spiro atoms. The quantitative estimate of drug-likeness (QED) is 0.720. The predicted molar refractivity (Wildman–Crippen MR) is 82.9 cm³/mol. The number of hydrogen-bond donors (Lipinski definition) is 2. The van der Waals surface area contributed by atoms with E-state index in [4.69, 9.17) is 11.6 Å². The van der Waals surface area contributed by atoms with Crippen LogP contribution in [-0.2, 0) is 0 Å². The lowest BCUT2D eigenvalue weighted by molar-refractivity contribution is 0.476. The van der Waals surface area contributed by atoms with Crippen molar-refractivity contribution in [2.24, 2.45) is 0 Å². The lowest BCUT2D eigenvalue weighted by atomic mass is 10.1. The summed E-state index contributed by atoms with van der Waals surface area (Å²) in [6.07, 6.45) is 0. The van der Waals surface area contributed by atoms with Gasteiger partial charge in [0.2, 0.25) is 0 Å². The number of phenolic OH excluding ortho intramolecular Hbond substituents is 1. The van der Waals surface area contributed by atoms with Crippen molar-refractivity contribution in [3.05, 3.63) is 59.2 Å². The van der Waals surface area contributed by atoms with E-state index in [0.29, 0.717) is 5.02 Å². The van der Waals surface area contributed by atoms with Crippen molar-refractivity contribution in [1.82, 2.24) is 4.98 Å². The average molecular weight is 285 g/mol. The number of aromatic nitrogens is 1. The first kappa shape index (κ1) is 12.8. The zero-order chi connectivity index (χ0) is 14.1. The van der Waals surface area contributed by atoms with Crippen LogP contribution in [0, 0.1) is 6.92 Å². The molecule has 20 heavy (non-hydrogen) atoms. The largest absolute Gasteiger partial charge is 0.508 e. The second-order valence-corrected chi connectivity index (χ2v) is 5.08. The van der Waals surface area contributed by atoms with Gasteiger partial charge < -0.3 is 10.4 Å². The first-order valence-electron chi connectivity index (χ1n) is 6.25. The molecule has 0 atom stereocenters. The Hall–Kier alpha value is -2.26. The molecule has 1 heterocycles. The van der Waals surface area contributed by atoms with Gasteiger partial charge in [-0.25, -0.2) is 0 Å². The summed E-state index contributed by atoms with van der Waals surface area (Å²) in [5.41, 5.74) is 3.56. The van der Waals surface area contributed by atoms with Crippen LogP contribution in [0.5, 0.6) is 5.75 Å². The third-order valence-corrected chi connectivity index (χ3v) is 3.30. The third-order valence-electron chi connectivity index (χ3n) is 3.04. The Kier molecular flexibility index (Phi) is 3.20. The molecule has 2 aromatic carbocycles. The number of aryl methyl sites for hydroxylation is 1. The topological polar surface area (TPSA) is 45.1 Å².